The zero-order valence-electron chi connectivity index (χ0n) is 13.4. The van der Waals surface area contributed by atoms with Crippen molar-refractivity contribution in [1.29, 1.82) is 0 Å². The van der Waals surface area contributed by atoms with Gasteiger partial charge < -0.3 is 21.3 Å². The van der Waals surface area contributed by atoms with Crippen molar-refractivity contribution in [3.8, 4) is 11.3 Å². The summed E-state index contributed by atoms with van der Waals surface area (Å²) < 4.78 is 0. The van der Waals surface area contributed by atoms with Gasteiger partial charge in [-0.3, -0.25) is 0 Å². The highest BCUT2D eigenvalue weighted by atomic mass is 15.3. The highest BCUT2D eigenvalue weighted by Gasteiger charge is 2.26. The number of fused-ring (bicyclic) bond motifs is 3. The second kappa shape index (κ2) is 5.38. The first-order valence-electron chi connectivity index (χ1n) is 8.10. The molecule has 1 aromatic heterocycles. The molecular formula is C17H22N6. The van der Waals surface area contributed by atoms with Gasteiger partial charge in [0, 0.05) is 43.0 Å². The van der Waals surface area contributed by atoms with Crippen LogP contribution in [0.3, 0.4) is 0 Å². The lowest BCUT2D eigenvalue weighted by Gasteiger charge is -2.35. The van der Waals surface area contributed by atoms with Crippen LogP contribution in [0, 0.1) is 0 Å². The summed E-state index contributed by atoms with van der Waals surface area (Å²) >= 11 is 0. The molecule has 23 heavy (non-hydrogen) atoms. The van der Waals surface area contributed by atoms with Crippen LogP contribution in [0.1, 0.15) is 11.1 Å². The molecule has 0 bridgehead atoms. The van der Waals surface area contributed by atoms with Crippen LogP contribution in [0.25, 0.3) is 11.3 Å². The molecule has 6 nitrogen and oxygen atoms in total. The number of hydrogen-bond acceptors (Lipinski definition) is 6. The van der Waals surface area contributed by atoms with E-state index in [2.05, 4.69) is 32.9 Å². The van der Waals surface area contributed by atoms with Crippen LogP contribution in [0.5, 0.6) is 0 Å². The van der Waals surface area contributed by atoms with Crippen LogP contribution in [0.2, 0.25) is 0 Å². The quantitative estimate of drug-likeness (QED) is 0.769. The molecule has 0 atom stereocenters. The summed E-state index contributed by atoms with van der Waals surface area (Å²) in [5.74, 6) is 1.37. The number of anilines is 3. The Hall–Kier alpha value is -2.34. The fraction of sp³-hybridized carbons (Fsp3) is 0.412. The first kappa shape index (κ1) is 14.3. The number of nitrogen functional groups attached to an aromatic ring is 2. The third-order valence-electron chi connectivity index (χ3n) is 4.83. The number of aryl methyl sites for hydroxylation is 1. The lowest BCUT2D eigenvalue weighted by atomic mass is 9.88. The van der Waals surface area contributed by atoms with Gasteiger partial charge in [0.15, 0.2) is 0 Å². The van der Waals surface area contributed by atoms with Crippen molar-refractivity contribution >= 4 is 17.5 Å². The van der Waals surface area contributed by atoms with Crippen LogP contribution in [-0.4, -0.2) is 48.1 Å². The summed E-state index contributed by atoms with van der Waals surface area (Å²) in [6, 6.07) is 6.04. The largest absolute Gasteiger partial charge is 0.399 e. The first-order valence-corrected chi connectivity index (χ1v) is 8.10. The predicted octanol–water partition coefficient (Wildman–Crippen LogP) is 1.16. The Morgan fingerprint density at radius 1 is 1.00 bits per heavy atom. The average molecular weight is 310 g/mol. The van der Waals surface area contributed by atoms with Crippen molar-refractivity contribution in [3.05, 3.63) is 29.3 Å². The van der Waals surface area contributed by atoms with Gasteiger partial charge in [0.2, 0.25) is 5.95 Å². The molecule has 6 heteroatoms. The minimum absolute atomic E-state index is 0.349. The standard InChI is InChI=1S/C17H22N6/c1-22-6-8-23(9-7-22)16-14-4-2-11-10-12(18)3-5-13(11)15(14)20-17(19)21-16/h3,5,10H,2,4,6-9,18H2,1H3,(H2,19,20,21). The van der Waals surface area contributed by atoms with Gasteiger partial charge in [-0.15, -0.1) is 0 Å². The Morgan fingerprint density at radius 3 is 2.57 bits per heavy atom. The second-order valence-electron chi connectivity index (χ2n) is 6.44. The maximum Gasteiger partial charge on any atom is 0.222 e. The molecule has 1 saturated heterocycles. The van der Waals surface area contributed by atoms with Gasteiger partial charge >= 0.3 is 0 Å². The Bertz CT molecular complexity index is 749. The molecule has 1 aliphatic carbocycles. The number of rotatable bonds is 1. The van der Waals surface area contributed by atoms with Gasteiger partial charge in [0.1, 0.15) is 5.82 Å². The van der Waals surface area contributed by atoms with Gasteiger partial charge in [-0.25, -0.2) is 4.98 Å². The molecule has 1 aliphatic heterocycles. The topological polar surface area (TPSA) is 84.3 Å². The molecule has 0 spiro atoms. The summed E-state index contributed by atoms with van der Waals surface area (Å²) in [5.41, 5.74) is 17.3. The molecule has 2 heterocycles. The minimum Gasteiger partial charge on any atom is -0.399 e. The van der Waals surface area contributed by atoms with E-state index in [1.165, 1.54) is 11.1 Å². The number of piperazine rings is 1. The Labute approximate surface area is 136 Å². The van der Waals surface area contributed by atoms with Gasteiger partial charge in [-0.05, 0) is 37.6 Å². The van der Waals surface area contributed by atoms with E-state index in [0.29, 0.717) is 5.95 Å². The van der Waals surface area contributed by atoms with Crippen molar-refractivity contribution in [2.45, 2.75) is 12.8 Å². The number of aromatic nitrogens is 2. The first-order chi connectivity index (χ1) is 11.1. The molecule has 0 radical (unpaired) electrons. The molecule has 1 fully saturated rings. The van der Waals surface area contributed by atoms with Crippen LogP contribution in [0.4, 0.5) is 17.5 Å². The minimum atomic E-state index is 0.349. The maximum atomic E-state index is 6.02. The van der Waals surface area contributed by atoms with Gasteiger partial charge in [-0.1, -0.05) is 6.07 Å². The van der Waals surface area contributed by atoms with E-state index < -0.39 is 0 Å². The normalized spacial score (nSPS) is 17.7. The highest BCUT2D eigenvalue weighted by Crippen LogP contribution is 2.37. The second-order valence-corrected chi connectivity index (χ2v) is 6.44. The zero-order valence-corrected chi connectivity index (χ0v) is 13.4. The number of likely N-dealkylation sites (N-methyl/N-ethyl adjacent to an activating group) is 1. The number of nitrogens with two attached hydrogens (primary N) is 2. The summed E-state index contributed by atoms with van der Waals surface area (Å²) in [6.45, 7) is 4.06. The summed E-state index contributed by atoms with van der Waals surface area (Å²) in [4.78, 5) is 13.8. The Kier molecular flexibility index (Phi) is 3.34. The molecule has 120 valence electrons. The van der Waals surface area contributed by atoms with Crippen LogP contribution < -0.4 is 16.4 Å². The number of nitrogens with zero attached hydrogens (tertiary/aromatic N) is 4. The van der Waals surface area contributed by atoms with E-state index >= 15 is 0 Å². The predicted molar refractivity (Wildman–Crippen MR) is 93.4 cm³/mol. The van der Waals surface area contributed by atoms with Crippen molar-refractivity contribution < 1.29 is 0 Å². The smallest absolute Gasteiger partial charge is 0.222 e. The van der Waals surface area contributed by atoms with Crippen molar-refractivity contribution in [1.82, 2.24) is 14.9 Å². The summed E-state index contributed by atoms with van der Waals surface area (Å²) in [5, 5.41) is 0. The van der Waals surface area contributed by atoms with Gasteiger partial charge in [0.05, 0.1) is 5.69 Å². The summed E-state index contributed by atoms with van der Waals surface area (Å²) in [6.07, 6.45) is 1.91. The number of benzene rings is 1. The van der Waals surface area contributed by atoms with E-state index in [1.54, 1.807) is 0 Å². The molecular weight excluding hydrogens is 288 g/mol. The zero-order chi connectivity index (χ0) is 16.0. The average Bonchev–Trinajstić information content (AvgIpc) is 2.54. The van der Waals surface area contributed by atoms with E-state index in [-0.39, 0.29) is 0 Å². The monoisotopic (exact) mass is 310 g/mol. The fourth-order valence-corrected chi connectivity index (χ4v) is 3.53. The van der Waals surface area contributed by atoms with Gasteiger partial charge in [0.25, 0.3) is 0 Å². The van der Waals surface area contributed by atoms with Crippen LogP contribution >= 0.6 is 0 Å². The van der Waals surface area contributed by atoms with Crippen molar-refractivity contribution in [3.63, 3.8) is 0 Å². The molecule has 0 unspecified atom stereocenters. The molecule has 4 rings (SSSR count). The third kappa shape index (κ3) is 2.49. The van der Waals surface area contributed by atoms with E-state index in [1.807, 2.05) is 12.1 Å². The van der Waals surface area contributed by atoms with Crippen LogP contribution in [0.15, 0.2) is 18.2 Å². The van der Waals surface area contributed by atoms with E-state index in [4.69, 9.17) is 11.5 Å². The van der Waals surface area contributed by atoms with Crippen molar-refractivity contribution in [2.75, 3.05) is 49.6 Å². The highest BCUT2D eigenvalue weighted by molar-refractivity contribution is 5.76. The number of hydrogen-bond donors (Lipinski definition) is 2. The molecule has 1 aromatic carbocycles. The lowest BCUT2D eigenvalue weighted by Crippen LogP contribution is -2.45. The Morgan fingerprint density at radius 2 is 1.78 bits per heavy atom. The molecule has 2 aliphatic rings. The van der Waals surface area contributed by atoms with E-state index in [0.717, 1.165) is 61.8 Å². The van der Waals surface area contributed by atoms with Crippen molar-refractivity contribution in [2.24, 2.45) is 0 Å². The Balaban J connectivity index is 1.80. The molecule has 0 amide bonds. The lowest BCUT2D eigenvalue weighted by molar-refractivity contribution is 0.312. The van der Waals surface area contributed by atoms with E-state index in [9.17, 15) is 0 Å². The third-order valence-corrected chi connectivity index (χ3v) is 4.83. The molecule has 0 saturated carbocycles. The van der Waals surface area contributed by atoms with Gasteiger partial charge in [-0.2, -0.15) is 4.98 Å². The molecule has 4 N–H and O–H groups in total. The maximum absolute atomic E-state index is 6.02. The fourth-order valence-electron chi connectivity index (χ4n) is 3.53. The molecule has 2 aromatic rings. The summed E-state index contributed by atoms with van der Waals surface area (Å²) in [7, 11) is 2.15. The van der Waals surface area contributed by atoms with Crippen LogP contribution in [-0.2, 0) is 12.8 Å². The SMILES string of the molecule is CN1CCN(c2nc(N)nc3c2CCc2cc(N)ccc2-3)CC1.